The molecule has 20 rings (SSSR count). The molecule has 0 radical (unpaired) electrons. The summed E-state index contributed by atoms with van der Waals surface area (Å²) < 4.78 is 10.6. The van der Waals surface area contributed by atoms with E-state index >= 15 is 0 Å². The number of hydrogen-bond acceptors (Lipinski definition) is 8. The van der Waals surface area contributed by atoms with Crippen molar-refractivity contribution < 1.29 is 40.1 Å². The van der Waals surface area contributed by atoms with Gasteiger partial charge in [-0.15, -0.1) is 0 Å². The van der Waals surface area contributed by atoms with Gasteiger partial charge in [-0.1, -0.05) is 122 Å². The quantitative estimate of drug-likeness (QED) is 0.0839. The van der Waals surface area contributed by atoms with Crippen molar-refractivity contribution in [3.63, 3.8) is 0 Å². The molecule has 40 atom stereocenters. The molecule has 0 aromatic rings. The number of allylic oxidation sites excluding steroid dienone is 4. The van der Waals surface area contributed by atoms with Crippen LogP contribution in [0, 0.1) is 205 Å². The topological polar surface area (TPSA) is 140 Å². The highest BCUT2D eigenvalue weighted by atomic mass is 79.9. The van der Waals surface area contributed by atoms with Crippen molar-refractivity contribution in [2.24, 2.45) is 205 Å². The van der Waals surface area contributed by atoms with Gasteiger partial charge >= 0.3 is 0 Å². The predicted molar refractivity (Wildman–Crippen MR) is 510 cm³/mol. The Bertz CT molecular complexity index is 3580. The molecule has 0 saturated heterocycles. The fourth-order valence-corrected chi connectivity index (χ4v) is 40.7. The maximum absolute atomic E-state index is 10.9. The molecular weight excluding hydrogens is 1630 g/mol. The monoisotopic (exact) mass is 1810 g/mol. The highest BCUT2D eigenvalue weighted by molar-refractivity contribution is 9.09. The highest BCUT2D eigenvalue weighted by Gasteiger charge is 2.65. The number of aliphatic hydroxyl groups is 6. The third kappa shape index (κ3) is 17.6. The summed E-state index contributed by atoms with van der Waals surface area (Å²) in [6.45, 7) is 46.5. The summed E-state index contributed by atoms with van der Waals surface area (Å²) >= 11 is 7.34. The molecule has 20 fully saturated rings. The number of halogens is 2. The molecule has 122 heavy (non-hydrogen) atoms. The summed E-state index contributed by atoms with van der Waals surface area (Å²) in [5.41, 5.74) is 7.00. The molecule has 0 aromatic carbocycles. The maximum atomic E-state index is 10.9. The normalized spacial score (nSPS) is 53.1. The molecule has 20 aliphatic rings. The van der Waals surface area contributed by atoms with Crippen LogP contribution in [0.1, 0.15) is 358 Å². The van der Waals surface area contributed by atoms with Crippen molar-refractivity contribution >= 4 is 31.9 Å². The molecule has 0 amide bonds. The van der Waals surface area contributed by atoms with Crippen LogP contribution in [0.2, 0.25) is 0 Å². The fraction of sp³-hybridized carbons (Fsp3) is 0.911. The zero-order valence-corrected chi connectivity index (χ0v) is 83.1. The van der Waals surface area contributed by atoms with Gasteiger partial charge in [0.05, 0.1) is 47.8 Å². The average molecular weight is 1820 g/mol. The second-order valence-corrected chi connectivity index (χ2v) is 52.3. The molecule has 20 aliphatic carbocycles. The van der Waals surface area contributed by atoms with Gasteiger partial charge in [0.25, 0.3) is 0 Å². The van der Waals surface area contributed by atoms with E-state index in [-0.39, 0.29) is 17.8 Å². The smallest absolute Gasteiger partial charge is 0.0882 e. The molecule has 692 valence electrons. The summed E-state index contributed by atoms with van der Waals surface area (Å²) in [6, 6.07) is 0. The summed E-state index contributed by atoms with van der Waals surface area (Å²) in [6.07, 6.45) is 58.0. The summed E-state index contributed by atoms with van der Waals surface area (Å²) in [5.74, 6) is 25.7. The zero-order valence-electron chi connectivity index (χ0n) is 80.0. The molecule has 6 N–H and O–H groups in total. The largest absolute Gasteiger partial charge is 0.392 e. The maximum Gasteiger partial charge on any atom is 0.0882 e. The van der Waals surface area contributed by atoms with Crippen LogP contribution in [0.15, 0.2) is 60.8 Å². The van der Waals surface area contributed by atoms with Crippen LogP contribution in [-0.2, 0) is 9.47 Å². The van der Waals surface area contributed by atoms with Crippen LogP contribution < -0.4 is 0 Å². The lowest BCUT2D eigenvalue weighted by molar-refractivity contribution is -0.123. The van der Waals surface area contributed by atoms with Crippen LogP contribution in [0.5, 0.6) is 0 Å². The van der Waals surface area contributed by atoms with Crippen molar-refractivity contribution in [3.05, 3.63) is 60.8 Å². The van der Waals surface area contributed by atoms with E-state index in [1.807, 2.05) is 0 Å². The van der Waals surface area contributed by atoms with E-state index in [0.717, 1.165) is 252 Å². The molecule has 0 aliphatic heterocycles. The third-order valence-corrected chi connectivity index (χ3v) is 46.4. The number of alkyl halides is 2. The second kappa shape index (κ2) is 36.6. The van der Waals surface area contributed by atoms with Crippen molar-refractivity contribution in [2.45, 2.75) is 386 Å². The first kappa shape index (κ1) is 94.5. The lowest BCUT2D eigenvalue weighted by Crippen LogP contribution is -2.52. The van der Waals surface area contributed by atoms with Crippen molar-refractivity contribution in [1.82, 2.24) is 0 Å². The Labute approximate surface area is 762 Å². The number of rotatable bonds is 12. The van der Waals surface area contributed by atoms with Gasteiger partial charge in [0, 0.05) is 24.9 Å². The Kier molecular flexibility index (Phi) is 28.4. The Morgan fingerprint density at radius 2 is 0.492 bits per heavy atom. The number of ether oxygens (including phenoxy) is 2. The van der Waals surface area contributed by atoms with Gasteiger partial charge in [-0.2, -0.15) is 0 Å². The van der Waals surface area contributed by atoms with E-state index in [1.165, 1.54) is 247 Å². The standard InChI is InChI=1S/C23H37BrO2.C23H38O2.C22H35BrO.C22H36O2.C22H36O/c1-15(13-24)20-6-7-21-19-5-4-16-12-23(25,14-26-3)11-9-17(16)18(19)8-10-22(20,21)2;1-15(2)20-7-8-21-19-6-5-16-13-23(24,14-25-4)12-10-17(16)18(19)9-11-22(20,21)3;2*1-14(13-23)19-6-7-20-18-5-4-15-12-21(2,24)10-8-16(15)17(18)9-11-22(19,20)3;1-14(2)19-7-8-20-18-6-5-15-13-21(3,23)11-9-16(15)17(18)10-12-22(19,20)4/h16-21,25H,1,4-14H2,2-3H3;16-21,24H,1,5-14H2,2-4H3;15-20,24H,1,4-13H2,2-3H3;15-20,23-24H,1,4-13H2,2-3H3;15-20,23H,1,5-13H2,2-4H3/t2*16-,17+,18-,19-,20-,21+,22-,23-;3*15-,16+,17-,18-,19-,20+,21-,22-/m11111/s1. The number of methoxy groups -OCH3 is 2. The van der Waals surface area contributed by atoms with Crippen LogP contribution in [0.3, 0.4) is 0 Å². The Hall–Kier alpha value is -0.660. The second-order valence-electron chi connectivity index (χ2n) is 51.2. The molecule has 0 heterocycles. The van der Waals surface area contributed by atoms with Gasteiger partial charge in [-0.25, -0.2) is 0 Å². The van der Waals surface area contributed by atoms with E-state index in [2.05, 4.69) is 134 Å². The average Bonchev–Trinajstić information content (AvgIpc) is 1.53. The molecule has 0 spiro atoms. The molecular formula is C112H182Br2O8. The zero-order chi connectivity index (χ0) is 87.0. The van der Waals surface area contributed by atoms with Crippen LogP contribution >= 0.6 is 31.9 Å². The van der Waals surface area contributed by atoms with E-state index in [1.54, 1.807) is 14.2 Å². The predicted octanol–water partition coefficient (Wildman–Crippen LogP) is 26.9. The molecule has 0 bridgehead atoms. The van der Waals surface area contributed by atoms with E-state index in [9.17, 15) is 30.6 Å². The fourth-order valence-electron chi connectivity index (χ4n) is 39.9. The van der Waals surface area contributed by atoms with Crippen molar-refractivity contribution in [2.75, 3.05) is 44.7 Å². The van der Waals surface area contributed by atoms with Gasteiger partial charge in [0.15, 0.2) is 0 Å². The minimum absolute atomic E-state index is 0.168. The van der Waals surface area contributed by atoms with E-state index in [4.69, 9.17) is 9.47 Å². The Morgan fingerprint density at radius 1 is 0.270 bits per heavy atom. The Balaban J connectivity index is 0.000000113. The number of fused-ring (bicyclic) bond motifs is 25. The van der Waals surface area contributed by atoms with Crippen LogP contribution in [-0.4, -0.2) is 103 Å². The number of aliphatic hydroxyl groups excluding tert-OH is 1. The molecule has 20 saturated carbocycles. The van der Waals surface area contributed by atoms with Gasteiger partial charge in [-0.05, 0) is 534 Å². The highest BCUT2D eigenvalue weighted by Crippen LogP contribution is 2.73. The van der Waals surface area contributed by atoms with Crippen LogP contribution in [0.4, 0.5) is 0 Å². The summed E-state index contributed by atoms with van der Waals surface area (Å²) in [5, 5.41) is 64.8. The molecule has 0 unspecified atom stereocenters. The lowest BCUT2D eigenvalue weighted by atomic mass is 9.49. The SMILES string of the molecule is C=C(C)[C@H]1CC[C@H]2[C@@H]3CC[C@@H]4C[C@@](O)(COC)CC[C@@H]4[C@H]3CC[C@]12C.C=C(C)[C@H]1CC[C@H]2[C@@H]3CC[C@@H]4C[C@](C)(O)CC[C@@H]4[C@H]3CC[C@]12C.C=C(CBr)[C@H]1CC[C@H]2[C@@H]3CC[C@@H]4C[C@@](O)(COC)CC[C@@H]4[C@H]3CC[C@]12C.C=C(CBr)[C@H]1CC[C@H]2[C@@H]3CC[C@@H]4C[C@](C)(O)CC[C@@H]4[C@H]3CC[C@]12C.C=C(CO)[C@H]1CC[C@H]2[C@@H]3CC[C@@H]4C[C@](C)(O)CC[C@@H]4[C@H]3CC[C@]12C. The lowest BCUT2D eigenvalue weighted by Gasteiger charge is -2.57. The van der Waals surface area contributed by atoms with Gasteiger partial charge in [-0.3, -0.25) is 0 Å². The van der Waals surface area contributed by atoms with Crippen molar-refractivity contribution in [1.29, 1.82) is 0 Å². The first-order valence-corrected chi connectivity index (χ1v) is 54.7. The van der Waals surface area contributed by atoms with Crippen molar-refractivity contribution in [3.8, 4) is 0 Å². The minimum atomic E-state index is -0.558. The third-order valence-electron chi connectivity index (χ3n) is 45.0. The summed E-state index contributed by atoms with van der Waals surface area (Å²) in [4.78, 5) is 0. The van der Waals surface area contributed by atoms with Gasteiger partial charge in [0.1, 0.15) is 0 Å². The summed E-state index contributed by atoms with van der Waals surface area (Å²) in [7, 11) is 3.45. The van der Waals surface area contributed by atoms with Crippen LogP contribution in [0.25, 0.3) is 0 Å². The molecule has 0 aromatic heterocycles. The van der Waals surface area contributed by atoms with E-state index in [0.29, 0.717) is 46.2 Å². The number of hydrogen-bond donors (Lipinski definition) is 6. The van der Waals surface area contributed by atoms with E-state index < -0.39 is 16.8 Å². The molecule has 10 heteroatoms. The van der Waals surface area contributed by atoms with Gasteiger partial charge in [0.2, 0.25) is 0 Å². The first-order chi connectivity index (χ1) is 57.8. The van der Waals surface area contributed by atoms with Gasteiger partial charge < -0.3 is 40.1 Å². The Morgan fingerprint density at radius 3 is 0.730 bits per heavy atom. The molecule has 8 nitrogen and oxygen atoms in total. The minimum Gasteiger partial charge on any atom is -0.392 e. The first-order valence-electron chi connectivity index (χ1n) is 52.5.